The first kappa shape index (κ1) is 18.2. The number of aromatic amines is 1. The number of nitrogens with one attached hydrogen (secondary N) is 2. The number of rotatable bonds is 5. The minimum absolute atomic E-state index is 0.143. The van der Waals surface area contributed by atoms with E-state index in [9.17, 15) is 10.1 Å². The Hall–Kier alpha value is -2.15. The van der Waals surface area contributed by atoms with E-state index in [1.165, 1.54) is 23.1 Å². The average molecular weight is 416 g/mol. The third-order valence-corrected chi connectivity index (χ3v) is 7.27. The Balaban J connectivity index is 1.39. The Kier molecular flexibility index (Phi) is 5.57. The van der Waals surface area contributed by atoms with Crippen molar-refractivity contribution in [2.24, 2.45) is 0 Å². The number of hydrogen-bond acceptors (Lipinski definition) is 7. The zero-order valence-corrected chi connectivity index (χ0v) is 16.9. The lowest BCUT2D eigenvalue weighted by molar-refractivity contribution is -0.113. The first-order chi connectivity index (χ1) is 13.2. The number of hydrogen-bond donors (Lipinski definition) is 2. The number of H-pyrrole nitrogens is 1. The van der Waals surface area contributed by atoms with E-state index in [1.54, 1.807) is 22.7 Å². The molecule has 0 aromatic carbocycles. The fourth-order valence-electron chi connectivity index (χ4n) is 3.08. The molecule has 0 aliphatic heterocycles. The van der Waals surface area contributed by atoms with Crippen molar-refractivity contribution in [3.8, 4) is 16.8 Å². The average Bonchev–Trinajstić information content (AvgIpc) is 3.38. The molecule has 4 rings (SSSR count). The SMILES string of the molecule is N#Cc1c(NC(=O)CSc2n[nH]c(-c3cccs3)n2)sc2c1CCCCC2. The predicted octanol–water partition coefficient (Wildman–Crippen LogP) is 4.47. The standard InChI is InChI=1S/C18H17N5OS3/c19-9-12-11-5-2-1-3-6-13(11)27-17(12)20-15(24)10-26-18-21-16(22-23-18)14-7-4-8-25-14/h4,7-8H,1-3,5-6,10H2,(H,20,24)(H,21,22,23). The van der Waals surface area contributed by atoms with Crippen molar-refractivity contribution in [1.82, 2.24) is 15.2 Å². The van der Waals surface area contributed by atoms with E-state index >= 15 is 0 Å². The molecule has 0 spiro atoms. The minimum Gasteiger partial charge on any atom is -0.316 e. The summed E-state index contributed by atoms with van der Waals surface area (Å²) in [6.45, 7) is 0. The highest BCUT2D eigenvalue weighted by atomic mass is 32.2. The van der Waals surface area contributed by atoms with Gasteiger partial charge in [-0.1, -0.05) is 24.2 Å². The third kappa shape index (κ3) is 4.08. The molecule has 1 aliphatic carbocycles. The molecule has 1 amide bonds. The van der Waals surface area contributed by atoms with Gasteiger partial charge in [-0.05, 0) is 42.7 Å². The third-order valence-electron chi connectivity index (χ3n) is 4.34. The van der Waals surface area contributed by atoms with Crippen molar-refractivity contribution in [3.05, 3.63) is 33.5 Å². The monoisotopic (exact) mass is 415 g/mol. The number of thioether (sulfide) groups is 1. The van der Waals surface area contributed by atoms with Crippen LogP contribution in [0.5, 0.6) is 0 Å². The number of fused-ring (bicyclic) bond motifs is 1. The van der Waals surface area contributed by atoms with Gasteiger partial charge in [0.05, 0.1) is 16.2 Å². The minimum atomic E-state index is -0.143. The lowest BCUT2D eigenvalue weighted by atomic mass is 10.1. The molecular formula is C18H17N5OS3. The summed E-state index contributed by atoms with van der Waals surface area (Å²) in [6.07, 6.45) is 5.40. The molecule has 1 aliphatic rings. The van der Waals surface area contributed by atoms with Gasteiger partial charge in [0.2, 0.25) is 11.1 Å². The largest absolute Gasteiger partial charge is 0.316 e. The molecule has 0 bridgehead atoms. The van der Waals surface area contributed by atoms with E-state index < -0.39 is 0 Å². The van der Waals surface area contributed by atoms with Crippen LogP contribution >= 0.6 is 34.4 Å². The molecule has 2 N–H and O–H groups in total. The van der Waals surface area contributed by atoms with Crippen molar-refractivity contribution < 1.29 is 4.79 Å². The lowest BCUT2D eigenvalue weighted by Crippen LogP contribution is -2.14. The fourth-order valence-corrected chi connectivity index (χ4v) is 5.59. The number of amides is 1. The van der Waals surface area contributed by atoms with E-state index in [0.29, 0.717) is 21.5 Å². The van der Waals surface area contributed by atoms with Crippen LogP contribution in [0.25, 0.3) is 10.7 Å². The molecule has 27 heavy (non-hydrogen) atoms. The van der Waals surface area contributed by atoms with Crippen molar-refractivity contribution in [3.63, 3.8) is 0 Å². The summed E-state index contributed by atoms with van der Waals surface area (Å²) in [6, 6.07) is 6.22. The summed E-state index contributed by atoms with van der Waals surface area (Å²) < 4.78 is 0. The van der Waals surface area contributed by atoms with Crippen LogP contribution in [0.4, 0.5) is 5.00 Å². The van der Waals surface area contributed by atoms with E-state index in [1.807, 2.05) is 17.5 Å². The van der Waals surface area contributed by atoms with Gasteiger partial charge in [0.15, 0.2) is 5.82 Å². The summed E-state index contributed by atoms with van der Waals surface area (Å²) in [4.78, 5) is 19.0. The van der Waals surface area contributed by atoms with E-state index in [4.69, 9.17) is 0 Å². The predicted molar refractivity (Wildman–Crippen MR) is 109 cm³/mol. The zero-order chi connectivity index (χ0) is 18.6. The Morgan fingerprint density at radius 1 is 1.37 bits per heavy atom. The molecule has 9 heteroatoms. The summed E-state index contributed by atoms with van der Waals surface area (Å²) in [7, 11) is 0. The van der Waals surface area contributed by atoms with Crippen molar-refractivity contribution in [2.45, 2.75) is 37.3 Å². The summed E-state index contributed by atoms with van der Waals surface area (Å²) in [5.74, 6) is 0.770. The molecule has 0 saturated carbocycles. The molecule has 0 radical (unpaired) electrons. The second-order valence-electron chi connectivity index (χ2n) is 6.16. The molecule has 6 nitrogen and oxygen atoms in total. The molecule has 3 heterocycles. The van der Waals surface area contributed by atoms with Gasteiger partial charge in [0, 0.05) is 4.88 Å². The van der Waals surface area contributed by atoms with Crippen LogP contribution in [0, 0.1) is 11.3 Å². The quantitative estimate of drug-likeness (QED) is 0.474. The molecule has 0 fully saturated rings. The van der Waals surface area contributed by atoms with Crippen LogP contribution < -0.4 is 5.32 Å². The summed E-state index contributed by atoms with van der Waals surface area (Å²) in [5, 5.41) is 22.7. The van der Waals surface area contributed by atoms with Gasteiger partial charge in [0.1, 0.15) is 11.1 Å². The van der Waals surface area contributed by atoms with Crippen LogP contribution in [0.3, 0.4) is 0 Å². The number of thiophene rings is 2. The highest BCUT2D eigenvalue weighted by Gasteiger charge is 2.21. The molecule has 3 aromatic heterocycles. The number of anilines is 1. The van der Waals surface area contributed by atoms with Gasteiger partial charge in [0.25, 0.3) is 0 Å². The van der Waals surface area contributed by atoms with E-state index in [0.717, 1.165) is 36.1 Å². The smallest absolute Gasteiger partial charge is 0.235 e. The van der Waals surface area contributed by atoms with E-state index in [2.05, 4.69) is 26.6 Å². The molecule has 0 saturated heterocycles. The Morgan fingerprint density at radius 2 is 2.26 bits per heavy atom. The van der Waals surface area contributed by atoms with Gasteiger partial charge < -0.3 is 5.32 Å². The van der Waals surface area contributed by atoms with Crippen LogP contribution in [-0.4, -0.2) is 26.8 Å². The van der Waals surface area contributed by atoms with Crippen molar-refractivity contribution in [1.29, 1.82) is 5.26 Å². The first-order valence-corrected chi connectivity index (χ1v) is 11.4. The topological polar surface area (TPSA) is 94.5 Å². The van der Waals surface area contributed by atoms with Crippen LogP contribution in [0.15, 0.2) is 22.7 Å². The zero-order valence-electron chi connectivity index (χ0n) is 14.4. The number of nitriles is 1. The normalized spacial score (nSPS) is 13.6. The summed E-state index contributed by atoms with van der Waals surface area (Å²) >= 11 is 4.41. The molecule has 138 valence electrons. The van der Waals surface area contributed by atoms with Gasteiger partial charge in [-0.2, -0.15) is 5.26 Å². The van der Waals surface area contributed by atoms with Gasteiger partial charge >= 0.3 is 0 Å². The van der Waals surface area contributed by atoms with Crippen LogP contribution in [0.2, 0.25) is 0 Å². The second-order valence-corrected chi connectivity index (χ2v) is 9.16. The maximum atomic E-state index is 12.4. The van der Waals surface area contributed by atoms with Crippen molar-refractivity contribution in [2.75, 3.05) is 11.1 Å². The number of nitrogens with zero attached hydrogens (tertiary/aromatic N) is 3. The van der Waals surface area contributed by atoms with E-state index in [-0.39, 0.29) is 11.7 Å². The summed E-state index contributed by atoms with van der Waals surface area (Å²) in [5.41, 5.74) is 1.78. The number of aryl methyl sites for hydroxylation is 1. The molecular weight excluding hydrogens is 398 g/mol. The highest BCUT2D eigenvalue weighted by molar-refractivity contribution is 7.99. The highest BCUT2D eigenvalue weighted by Crippen LogP contribution is 2.37. The number of carbonyl (C=O) groups is 1. The Labute approximate surface area is 169 Å². The molecule has 0 unspecified atom stereocenters. The van der Waals surface area contributed by atoms with Gasteiger partial charge in [-0.15, -0.1) is 27.8 Å². The second kappa shape index (κ2) is 8.25. The van der Waals surface area contributed by atoms with Crippen LogP contribution in [0.1, 0.15) is 35.3 Å². The Morgan fingerprint density at radius 3 is 3.07 bits per heavy atom. The maximum Gasteiger partial charge on any atom is 0.235 e. The number of carbonyl (C=O) groups excluding carboxylic acids is 1. The van der Waals surface area contributed by atoms with Gasteiger partial charge in [-0.3, -0.25) is 9.89 Å². The van der Waals surface area contributed by atoms with Crippen molar-refractivity contribution >= 4 is 45.3 Å². The molecule has 0 atom stereocenters. The number of aromatic nitrogens is 3. The fraction of sp³-hybridized carbons (Fsp3) is 0.333. The Bertz CT molecular complexity index is 983. The van der Waals surface area contributed by atoms with Gasteiger partial charge in [-0.25, -0.2) is 4.98 Å². The lowest BCUT2D eigenvalue weighted by Gasteiger charge is -2.02. The molecule has 3 aromatic rings. The maximum absolute atomic E-state index is 12.4. The first-order valence-electron chi connectivity index (χ1n) is 8.68. The van der Waals surface area contributed by atoms with Crippen LogP contribution in [-0.2, 0) is 17.6 Å².